The maximum Gasteiger partial charge on any atom is 0.256 e. The summed E-state index contributed by atoms with van der Waals surface area (Å²) in [5, 5.41) is 15.9. The first-order chi connectivity index (χ1) is 15.0. The Morgan fingerprint density at radius 2 is 2.16 bits per heavy atom. The van der Waals surface area contributed by atoms with Gasteiger partial charge in [0.05, 0.1) is 10.9 Å². The second-order valence-electron chi connectivity index (χ2n) is 8.21. The standard InChI is InChI=1S/C23H22ClN3O4/c1-2-12-31-19-10-9-14(13-16(19)24)20-18-8-5-11-26(18)23(21(20)27(29)30)15-6-3-4-7-17(15)25-22(23)28/h2-4,6-7,9-10,13,18,20-21H,1,5,8,11-12H2,(H,25,28)/t18-,20+,21-,23+/m0/s1. The van der Waals surface area contributed by atoms with Crippen molar-refractivity contribution in [3.8, 4) is 5.75 Å². The van der Waals surface area contributed by atoms with Gasteiger partial charge >= 0.3 is 0 Å². The molecular formula is C23H22ClN3O4. The molecule has 0 radical (unpaired) electrons. The Hall–Kier alpha value is -2.90. The molecule has 160 valence electrons. The molecule has 3 heterocycles. The molecule has 2 aromatic rings. The third-order valence-electron chi connectivity index (χ3n) is 6.79. The first-order valence-corrected chi connectivity index (χ1v) is 10.7. The van der Waals surface area contributed by atoms with Crippen molar-refractivity contribution in [3.05, 3.63) is 81.4 Å². The fourth-order valence-electron chi connectivity index (χ4n) is 5.77. The Labute approximate surface area is 184 Å². The van der Waals surface area contributed by atoms with Crippen LogP contribution >= 0.6 is 11.6 Å². The summed E-state index contributed by atoms with van der Waals surface area (Å²) in [5.41, 5.74) is 0.768. The van der Waals surface area contributed by atoms with E-state index in [-0.39, 0.29) is 16.9 Å². The number of benzene rings is 2. The Bertz CT molecular complexity index is 1090. The van der Waals surface area contributed by atoms with Crippen molar-refractivity contribution in [2.45, 2.75) is 36.4 Å². The van der Waals surface area contributed by atoms with E-state index in [0.717, 1.165) is 18.4 Å². The number of fused-ring (bicyclic) bond motifs is 4. The SMILES string of the molecule is C=CCOc1ccc([C@H]2[C@H]([N+](=O)[O-])[C@]3(C(=O)Nc4ccccc43)N3CCC[C@@H]23)cc1Cl. The third kappa shape index (κ3) is 2.73. The molecule has 2 saturated heterocycles. The molecule has 0 unspecified atom stereocenters. The van der Waals surface area contributed by atoms with E-state index in [0.29, 0.717) is 35.2 Å². The number of hydrogen-bond donors (Lipinski definition) is 1. The highest BCUT2D eigenvalue weighted by atomic mass is 35.5. The molecule has 0 aliphatic carbocycles. The largest absolute Gasteiger partial charge is 0.488 e. The number of nitrogens with one attached hydrogen (secondary N) is 1. The van der Waals surface area contributed by atoms with Crippen LogP contribution in [0.5, 0.6) is 5.75 Å². The number of carbonyl (C=O) groups excluding carboxylic acids is 1. The lowest BCUT2D eigenvalue weighted by Crippen LogP contribution is -2.55. The number of ether oxygens (including phenoxy) is 1. The quantitative estimate of drug-likeness (QED) is 0.433. The zero-order valence-electron chi connectivity index (χ0n) is 16.8. The van der Waals surface area contributed by atoms with Gasteiger partial charge < -0.3 is 10.1 Å². The summed E-state index contributed by atoms with van der Waals surface area (Å²) in [5.74, 6) is -0.287. The fourth-order valence-corrected chi connectivity index (χ4v) is 6.01. The van der Waals surface area contributed by atoms with E-state index in [9.17, 15) is 14.9 Å². The lowest BCUT2D eigenvalue weighted by molar-refractivity contribution is -0.534. The molecule has 3 aliphatic heterocycles. The van der Waals surface area contributed by atoms with Crippen molar-refractivity contribution >= 4 is 23.2 Å². The number of halogens is 1. The third-order valence-corrected chi connectivity index (χ3v) is 7.09. The number of hydrogen-bond acceptors (Lipinski definition) is 5. The van der Waals surface area contributed by atoms with E-state index in [1.165, 1.54) is 0 Å². The van der Waals surface area contributed by atoms with Gasteiger partial charge in [0.2, 0.25) is 0 Å². The van der Waals surface area contributed by atoms with E-state index >= 15 is 0 Å². The van der Waals surface area contributed by atoms with Crippen LogP contribution < -0.4 is 10.1 Å². The number of anilines is 1. The summed E-state index contributed by atoms with van der Waals surface area (Å²) in [6.45, 7) is 4.59. The molecule has 8 heteroatoms. The van der Waals surface area contributed by atoms with Crippen LogP contribution in [0.2, 0.25) is 5.02 Å². The molecular weight excluding hydrogens is 418 g/mol. The first kappa shape index (κ1) is 20.0. The minimum absolute atomic E-state index is 0.122. The van der Waals surface area contributed by atoms with E-state index in [4.69, 9.17) is 16.3 Å². The van der Waals surface area contributed by atoms with Gasteiger partial charge in [-0.15, -0.1) is 0 Å². The molecule has 3 aliphatic rings. The second kappa shape index (κ2) is 7.35. The average molecular weight is 440 g/mol. The number of nitro groups is 1. The van der Waals surface area contributed by atoms with Gasteiger partial charge in [-0.25, -0.2) is 0 Å². The van der Waals surface area contributed by atoms with Crippen LogP contribution in [-0.4, -0.2) is 41.0 Å². The number of nitrogens with zero attached hydrogens (tertiary/aromatic N) is 2. The number of amides is 1. The second-order valence-corrected chi connectivity index (χ2v) is 8.62. The zero-order valence-corrected chi connectivity index (χ0v) is 17.5. The molecule has 7 nitrogen and oxygen atoms in total. The van der Waals surface area contributed by atoms with Crippen molar-refractivity contribution in [2.24, 2.45) is 0 Å². The highest BCUT2D eigenvalue weighted by Gasteiger charge is 2.73. The van der Waals surface area contributed by atoms with Crippen LogP contribution in [0.3, 0.4) is 0 Å². The van der Waals surface area contributed by atoms with Crippen molar-refractivity contribution in [1.29, 1.82) is 0 Å². The maximum atomic E-state index is 13.4. The Balaban J connectivity index is 1.66. The van der Waals surface area contributed by atoms with Crippen LogP contribution in [0.25, 0.3) is 0 Å². The zero-order chi connectivity index (χ0) is 21.8. The molecule has 2 fully saturated rings. The van der Waals surface area contributed by atoms with Crippen LogP contribution in [0.4, 0.5) is 5.69 Å². The number of rotatable bonds is 5. The summed E-state index contributed by atoms with van der Waals surface area (Å²) in [4.78, 5) is 27.8. The molecule has 0 bridgehead atoms. The summed E-state index contributed by atoms with van der Waals surface area (Å²) in [7, 11) is 0. The van der Waals surface area contributed by atoms with Gasteiger partial charge in [0, 0.05) is 28.8 Å². The van der Waals surface area contributed by atoms with Gasteiger partial charge in [-0.05, 0) is 36.6 Å². The van der Waals surface area contributed by atoms with Gasteiger partial charge in [0.1, 0.15) is 12.4 Å². The van der Waals surface area contributed by atoms with E-state index in [2.05, 4.69) is 16.8 Å². The molecule has 5 rings (SSSR count). The Morgan fingerprint density at radius 3 is 2.90 bits per heavy atom. The van der Waals surface area contributed by atoms with Crippen LogP contribution in [0.1, 0.15) is 29.9 Å². The monoisotopic (exact) mass is 439 g/mol. The highest BCUT2D eigenvalue weighted by molar-refractivity contribution is 6.32. The number of carbonyl (C=O) groups is 1. The van der Waals surface area contributed by atoms with Gasteiger partial charge in [0.15, 0.2) is 5.54 Å². The molecule has 2 aromatic carbocycles. The van der Waals surface area contributed by atoms with Crippen LogP contribution in [-0.2, 0) is 10.3 Å². The summed E-state index contributed by atoms with van der Waals surface area (Å²) < 4.78 is 5.56. The van der Waals surface area contributed by atoms with Crippen molar-refractivity contribution in [1.82, 2.24) is 4.90 Å². The van der Waals surface area contributed by atoms with Crippen LogP contribution in [0.15, 0.2) is 55.1 Å². The normalized spacial score (nSPS) is 28.9. The van der Waals surface area contributed by atoms with E-state index in [1.807, 2.05) is 24.3 Å². The summed E-state index contributed by atoms with van der Waals surface area (Å²) in [6.07, 6.45) is 3.30. The lowest BCUT2D eigenvalue weighted by Gasteiger charge is -2.32. The van der Waals surface area contributed by atoms with Crippen molar-refractivity contribution in [2.75, 3.05) is 18.5 Å². The van der Waals surface area contributed by atoms with Crippen molar-refractivity contribution in [3.63, 3.8) is 0 Å². The average Bonchev–Trinajstić information content (AvgIpc) is 3.40. The first-order valence-electron chi connectivity index (χ1n) is 10.3. The lowest BCUT2D eigenvalue weighted by atomic mass is 9.77. The molecule has 1 amide bonds. The predicted octanol–water partition coefficient (Wildman–Crippen LogP) is 3.96. The highest BCUT2D eigenvalue weighted by Crippen LogP contribution is 2.58. The fraction of sp³-hybridized carbons (Fsp3) is 0.348. The van der Waals surface area contributed by atoms with Crippen molar-refractivity contribution < 1.29 is 14.5 Å². The Kier molecular flexibility index (Phi) is 4.75. The molecule has 31 heavy (non-hydrogen) atoms. The minimum Gasteiger partial charge on any atom is -0.488 e. The molecule has 4 atom stereocenters. The van der Waals surface area contributed by atoms with E-state index < -0.39 is 17.5 Å². The molecule has 1 spiro atoms. The van der Waals surface area contributed by atoms with Gasteiger partial charge in [-0.2, -0.15) is 0 Å². The smallest absolute Gasteiger partial charge is 0.256 e. The van der Waals surface area contributed by atoms with Gasteiger partial charge in [-0.3, -0.25) is 19.8 Å². The Morgan fingerprint density at radius 1 is 1.35 bits per heavy atom. The maximum absolute atomic E-state index is 13.4. The minimum atomic E-state index is -1.32. The molecule has 0 saturated carbocycles. The van der Waals surface area contributed by atoms with Gasteiger partial charge in [-0.1, -0.05) is 48.5 Å². The topological polar surface area (TPSA) is 84.7 Å². The predicted molar refractivity (Wildman–Crippen MR) is 117 cm³/mol. The molecule has 1 N–H and O–H groups in total. The molecule has 0 aromatic heterocycles. The summed E-state index contributed by atoms with van der Waals surface area (Å²) in [6, 6.07) is 11.4. The van der Waals surface area contributed by atoms with Crippen LogP contribution in [0, 0.1) is 10.1 Å². The van der Waals surface area contributed by atoms with E-state index in [1.54, 1.807) is 24.3 Å². The van der Waals surface area contributed by atoms with Gasteiger partial charge in [0.25, 0.3) is 11.9 Å². The summed E-state index contributed by atoms with van der Waals surface area (Å²) >= 11 is 6.45. The number of para-hydroxylation sites is 1.